The lowest BCUT2D eigenvalue weighted by atomic mass is 10.0. The van der Waals surface area contributed by atoms with Crippen molar-refractivity contribution in [2.45, 2.75) is 26.7 Å². The minimum Gasteiger partial charge on any atom is -0.477 e. The quantitative estimate of drug-likeness (QED) is 0.863. The molecule has 0 amide bonds. The molecule has 0 spiro atoms. The molecule has 0 bridgehead atoms. The van der Waals surface area contributed by atoms with Crippen LogP contribution in [-0.2, 0) is 0 Å². The molecule has 4 nitrogen and oxygen atoms in total. The van der Waals surface area contributed by atoms with Crippen molar-refractivity contribution in [3.05, 3.63) is 51.6 Å². The average Bonchev–Trinajstić information content (AvgIpc) is 2.40. The lowest BCUT2D eigenvalue weighted by Gasteiger charge is -2.15. The summed E-state index contributed by atoms with van der Waals surface area (Å²) in [7, 11) is 0. The van der Waals surface area contributed by atoms with E-state index >= 15 is 0 Å². The smallest absolute Gasteiger partial charge is 0.341 e. The van der Waals surface area contributed by atoms with Crippen molar-refractivity contribution >= 4 is 21.9 Å². The summed E-state index contributed by atoms with van der Waals surface area (Å²) < 4.78 is 6.74. The van der Waals surface area contributed by atoms with Crippen LogP contribution in [0.5, 0.6) is 11.6 Å². The zero-order chi connectivity index (χ0) is 15.6. The number of carbonyl (C=O) groups is 1. The van der Waals surface area contributed by atoms with Crippen LogP contribution in [0.25, 0.3) is 0 Å². The van der Waals surface area contributed by atoms with Crippen LogP contribution >= 0.6 is 15.9 Å². The van der Waals surface area contributed by atoms with E-state index in [1.54, 1.807) is 13.0 Å². The van der Waals surface area contributed by atoms with Gasteiger partial charge in [-0.3, -0.25) is 0 Å². The molecule has 110 valence electrons. The maximum atomic E-state index is 11.3. The van der Waals surface area contributed by atoms with E-state index in [-0.39, 0.29) is 17.4 Å². The average molecular weight is 350 g/mol. The van der Waals surface area contributed by atoms with Gasteiger partial charge in [0.1, 0.15) is 11.3 Å². The first-order valence-corrected chi connectivity index (χ1v) is 7.36. The number of aryl methyl sites for hydroxylation is 1. The van der Waals surface area contributed by atoms with Crippen LogP contribution in [0.1, 0.15) is 41.4 Å². The lowest BCUT2D eigenvalue weighted by Crippen LogP contribution is -2.04. The Morgan fingerprint density at radius 3 is 2.62 bits per heavy atom. The zero-order valence-electron chi connectivity index (χ0n) is 12.1. The first-order chi connectivity index (χ1) is 9.88. The molecule has 1 aromatic heterocycles. The van der Waals surface area contributed by atoms with Gasteiger partial charge in [-0.2, -0.15) is 0 Å². The molecule has 0 unspecified atom stereocenters. The highest BCUT2D eigenvalue weighted by Gasteiger charge is 2.16. The Morgan fingerprint density at radius 2 is 2.00 bits per heavy atom. The normalized spacial score (nSPS) is 10.7. The monoisotopic (exact) mass is 349 g/mol. The van der Waals surface area contributed by atoms with Crippen LogP contribution in [-0.4, -0.2) is 16.1 Å². The summed E-state index contributed by atoms with van der Waals surface area (Å²) in [5.41, 5.74) is 1.75. The van der Waals surface area contributed by atoms with Gasteiger partial charge in [-0.1, -0.05) is 29.8 Å². The van der Waals surface area contributed by atoms with Gasteiger partial charge in [0, 0.05) is 10.2 Å². The number of hydrogen-bond donors (Lipinski definition) is 1. The Morgan fingerprint density at radius 1 is 1.29 bits per heavy atom. The maximum absolute atomic E-state index is 11.3. The fourth-order valence-corrected chi connectivity index (χ4v) is 2.32. The van der Waals surface area contributed by atoms with Crippen molar-refractivity contribution in [1.29, 1.82) is 0 Å². The largest absolute Gasteiger partial charge is 0.477 e. The number of halogens is 1. The lowest BCUT2D eigenvalue weighted by molar-refractivity contribution is 0.0693. The Labute approximate surface area is 131 Å². The molecule has 2 aromatic rings. The second-order valence-corrected chi connectivity index (χ2v) is 5.97. The molecule has 5 heteroatoms. The van der Waals surface area contributed by atoms with Gasteiger partial charge < -0.3 is 9.84 Å². The minimum absolute atomic E-state index is 0.0539. The molecule has 0 fully saturated rings. The predicted octanol–water partition coefficient (Wildman–Crippen LogP) is 4.77. The van der Waals surface area contributed by atoms with Crippen LogP contribution in [0, 0.1) is 6.92 Å². The van der Waals surface area contributed by atoms with Crippen molar-refractivity contribution in [3.8, 4) is 11.6 Å². The van der Waals surface area contributed by atoms with E-state index in [0.29, 0.717) is 11.4 Å². The van der Waals surface area contributed by atoms with Crippen LogP contribution in [0.2, 0.25) is 0 Å². The minimum atomic E-state index is -1.05. The predicted molar refractivity (Wildman–Crippen MR) is 84.2 cm³/mol. The number of carboxylic acids is 1. The number of hydrogen-bond acceptors (Lipinski definition) is 3. The molecule has 1 N–H and O–H groups in total. The fraction of sp³-hybridized carbons (Fsp3) is 0.250. The van der Waals surface area contributed by atoms with Crippen LogP contribution in [0.3, 0.4) is 0 Å². The van der Waals surface area contributed by atoms with Crippen molar-refractivity contribution in [1.82, 2.24) is 4.98 Å². The van der Waals surface area contributed by atoms with Gasteiger partial charge in [0.05, 0.1) is 0 Å². The number of carboxylic acid groups (broad SMARTS) is 1. The fourth-order valence-electron chi connectivity index (χ4n) is 1.94. The summed E-state index contributed by atoms with van der Waals surface area (Å²) in [5.74, 6) is -0.0724. The molecule has 2 rings (SSSR count). The highest BCUT2D eigenvalue weighted by Crippen LogP contribution is 2.33. The molecule has 1 aromatic carbocycles. The highest BCUT2D eigenvalue weighted by molar-refractivity contribution is 9.10. The Kier molecular flexibility index (Phi) is 4.63. The van der Waals surface area contributed by atoms with Crippen LogP contribution in [0.15, 0.2) is 34.8 Å². The summed E-state index contributed by atoms with van der Waals surface area (Å²) >= 11 is 3.43. The second-order valence-electron chi connectivity index (χ2n) is 5.05. The van der Waals surface area contributed by atoms with E-state index in [0.717, 1.165) is 10.0 Å². The summed E-state index contributed by atoms with van der Waals surface area (Å²) in [4.78, 5) is 15.5. The third kappa shape index (κ3) is 3.61. The topological polar surface area (TPSA) is 59.4 Å². The van der Waals surface area contributed by atoms with Gasteiger partial charge in [-0.05, 0) is 48.7 Å². The zero-order valence-corrected chi connectivity index (χ0v) is 13.6. The number of pyridine rings is 1. The first kappa shape index (κ1) is 15.5. The third-order valence-corrected chi connectivity index (χ3v) is 3.52. The Balaban J connectivity index is 2.47. The molecule has 21 heavy (non-hydrogen) atoms. The number of aromatic carboxylic acids is 1. The van der Waals surface area contributed by atoms with Crippen molar-refractivity contribution in [3.63, 3.8) is 0 Å². The van der Waals surface area contributed by atoms with Crippen molar-refractivity contribution in [2.24, 2.45) is 0 Å². The van der Waals surface area contributed by atoms with Crippen LogP contribution < -0.4 is 4.74 Å². The van der Waals surface area contributed by atoms with Gasteiger partial charge >= 0.3 is 5.97 Å². The molecule has 0 saturated heterocycles. The molecule has 0 radical (unpaired) electrons. The number of aromatic nitrogens is 1. The Bertz CT molecular complexity index is 683. The molecule has 0 aliphatic carbocycles. The second kappa shape index (κ2) is 6.26. The Hall–Kier alpha value is -1.88. The van der Waals surface area contributed by atoms with E-state index in [1.165, 1.54) is 6.07 Å². The number of rotatable bonds is 4. The maximum Gasteiger partial charge on any atom is 0.341 e. The van der Waals surface area contributed by atoms with Gasteiger partial charge in [-0.25, -0.2) is 9.78 Å². The summed E-state index contributed by atoms with van der Waals surface area (Å²) in [6, 6.07) is 8.80. The molecule has 1 heterocycles. The first-order valence-electron chi connectivity index (χ1n) is 6.56. The SMILES string of the molecule is Cc1ccc(C(=O)O)c(Oc2ccc(Br)cc2C(C)C)n1. The summed E-state index contributed by atoms with van der Waals surface area (Å²) in [6.45, 7) is 5.90. The van der Waals surface area contributed by atoms with E-state index < -0.39 is 5.97 Å². The summed E-state index contributed by atoms with van der Waals surface area (Å²) in [5, 5.41) is 9.23. The summed E-state index contributed by atoms with van der Waals surface area (Å²) in [6.07, 6.45) is 0. The van der Waals surface area contributed by atoms with Gasteiger partial charge in [0.25, 0.3) is 0 Å². The number of benzene rings is 1. The van der Waals surface area contributed by atoms with Crippen molar-refractivity contribution in [2.75, 3.05) is 0 Å². The van der Waals surface area contributed by atoms with E-state index in [4.69, 9.17) is 4.74 Å². The van der Waals surface area contributed by atoms with Gasteiger partial charge in [0.15, 0.2) is 0 Å². The standard InChI is InChI=1S/C16H16BrNO3/c1-9(2)13-8-11(17)5-7-14(13)21-15-12(16(19)20)6-4-10(3)18-15/h4-9H,1-3H3,(H,19,20). The molecular formula is C16H16BrNO3. The van der Waals surface area contributed by atoms with Crippen molar-refractivity contribution < 1.29 is 14.6 Å². The van der Waals surface area contributed by atoms with E-state index in [9.17, 15) is 9.90 Å². The molecule has 0 atom stereocenters. The number of ether oxygens (including phenoxy) is 1. The number of nitrogens with zero attached hydrogens (tertiary/aromatic N) is 1. The molecule has 0 aliphatic rings. The van der Waals surface area contributed by atoms with Crippen LogP contribution in [0.4, 0.5) is 0 Å². The van der Waals surface area contributed by atoms with Gasteiger partial charge in [0.2, 0.25) is 5.88 Å². The van der Waals surface area contributed by atoms with E-state index in [1.807, 2.05) is 18.2 Å². The highest BCUT2D eigenvalue weighted by atomic mass is 79.9. The molecule has 0 saturated carbocycles. The molecular weight excluding hydrogens is 334 g/mol. The van der Waals surface area contributed by atoms with Gasteiger partial charge in [-0.15, -0.1) is 0 Å². The molecule has 0 aliphatic heterocycles. The van der Waals surface area contributed by atoms with E-state index in [2.05, 4.69) is 34.8 Å². The third-order valence-electron chi connectivity index (χ3n) is 3.03.